The van der Waals surface area contributed by atoms with Crippen LogP contribution < -0.4 is 10.2 Å². The van der Waals surface area contributed by atoms with Gasteiger partial charge in [-0.1, -0.05) is 0 Å². The molecule has 1 amide bonds. The second kappa shape index (κ2) is 5.17. The average molecular weight is 306 g/mol. The Bertz CT molecular complexity index is 589. The first-order valence-electron chi connectivity index (χ1n) is 7.69. The Balaban J connectivity index is 1.46. The topological polar surface area (TPSA) is 57.7 Å². The summed E-state index contributed by atoms with van der Waals surface area (Å²) in [7, 11) is 0. The van der Waals surface area contributed by atoms with Crippen molar-refractivity contribution < 1.29 is 13.9 Å². The Labute approximate surface area is 128 Å². The number of piperidine rings is 1. The molecule has 0 aromatic carbocycles. The summed E-state index contributed by atoms with van der Waals surface area (Å²) < 4.78 is 20.0. The first kappa shape index (κ1) is 13.9. The minimum Gasteiger partial charge on any atom is -0.369 e. The van der Waals surface area contributed by atoms with Crippen molar-refractivity contribution in [3.8, 4) is 0 Å². The number of aromatic nitrogens is 1. The van der Waals surface area contributed by atoms with E-state index in [0.29, 0.717) is 25.3 Å². The number of anilines is 1. The van der Waals surface area contributed by atoms with Gasteiger partial charge in [-0.15, -0.1) is 0 Å². The van der Waals surface area contributed by atoms with E-state index in [1.165, 1.54) is 6.20 Å². The zero-order valence-corrected chi connectivity index (χ0v) is 12.3. The molecule has 3 aliphatic rings. The van der Waals surface area contributed by atoms with E-state index in [1.54, 1.807) is 12.3 Å². The van der Waals surface area contributed by atoms with E-state index >= 15 is 0 Å². The molecular formula is C15H19FN4O2. The van der Waals surface area contributed by atoms with Crippen LogP contribution >= 0.6 is 0 Å². The number of hydrogen-bond acceptors (Lipinski definition) is 5. The second-order valence-electron chi connectivity index (χ2n) is 6.22. The molecule has 3 aliphatic heterocycles. The van der Waals surface area contributed by atoms with Crippen molar-refractivity contribution in [1.29, 1.82) is 0 Å². The van der Waals surface area contributed by atoms with Gasteiger partial charge < -0.3 is 19.9 Å². The number of carbonyl (C=O) groups is 1. The zero-order chi connectivity index (χ0) is 15.2. The van der Waals surface area contributed by atoms with Crippen molar-refractivity contribution in [1.82, 2.24) is 15.2 Å². The lowest BCUT2D eigenvalue weighted by molar-refractivity contribution is -0.140. The van der Waals surface area contributed by atoms with Crippen LogP contribution in [-0.2, 0) is 9.53 Å². The van der Waals surface area contributed by atoms with Crippen LogP contribution in [-0.4, -0.2) is 60.3 Å². The lowest BCUT2D eigenvalue weighted by Crippen LogP contribution is -2.52. The minimum absolute atomic E-state index is 0.107. The third-order valence-corrected chi connectivity index (χ3v) is 4.87. The number of piperazine rings is 1. The maximum Gasteiger partial charge on any atom is 0.238 e. The van der Waals surface area contributed by atoms with Gasteiger partial charge in [0.15, 0.2) is 5.82 Å². The largest absolute Gasteiger partial charge is 0.369 e. The molecule has 1 aromatic heterocycles. The summed E-state index contributed by atoms with van der Waals surface area (Å²) in [4.78, 5) is 19.6. The zero-order valence-electron chi connectivity index (χ0n) is 12.3. The van der Waals surface area contributed by atoms with Crippen molar-refractivity contribution in [2.45, 2.75) is 24.7 Å². The van der Waals surface area contributed by atoms with Crippen molar-refractivity contribution in [3.63, 3.8) is 0 Å². The third-order valence-electron chi connectivity index (χ3n) is 4.87. The second-order valence-corrected chi connectivity index (χ2v) is 6.22. The van der Waals surface area contributed by atoms with Crippen LogP contribution in [0.15, 0.2) is 18.5 Å². The normalized spacial score (nSPS) is 27.3. The monoisotopic (exact) mass is 306 g/mol. The number of nitrogens with zero attached hydrogens (tertiary/aromatic N) is 3. The first-order chi connectivity index (χ1) is 10.7. The van der Waals surface area contributed by atoms with Crippen LogP contribution in [0.2, 0.25) is 0 Å². The van der Waals surface area contributed by atoms with E-state index in [2.05, 4.69) is 10.3 Å². The molecule has 7 heteroatoms. The van der Waals surface area contributed by atoms with Crippen LogP contribution in [0.1, 0.15) is 12.8 Å². The van der Waals surface area contributed by atoms with Gasteiger partial charge in [-0.3, -0.25) is 9.78 Å². The predicted molar refractivity (Wildman–Crippen MR) is 77.8 cm³/mol. The summed E-state index contributed by atoms with van der Waals surface area (Å²) in [6, 6.07) is 1.71. The number of fused-ring (bicyclic) bond motifs is 1. The van der Waals surface area contributed by atoms with Crippen molar-refractivity contribution in [2.75, 3.05) is 37.6 Å². The Hall–Kier alpha value is -1.73. The van der Waals surface area contributed by atoms with E-state index in [9.17, 15) is 9.18 Å². The smallest absolute Gasteiger partial charge is 0.238 e. The Morgan fingerprint density at radius 1 is 1.41 bits per heavy atom. The standard InChI is InChI=1S/C15H19FN4O2/c16-11-7-17-4-1-12(11)19-5-2-15(3-6-19)10-20-13(21)8-18-9-14(20)22-15/h1,4,7,14,18H,2-3,5-6,8-10H2. The van der Waals surface area contributed by atoms with E-state index in [-0.39, 0.29) is 23.6 Å². The molecule has 1 unspecified atom stereocenters. The Morgan fingerprint density at radius 2 is 2.23 bits per heavy atom. The van der Waals surface area contributed by atoms with Gasteiger partial charge in [0, 0.05) is 25.8 Å². The van der Waals surface area contributed by atoms with Gasteiger partial charge in [0.05, 0.1) is 30.6 Å². The number of ether oxygens (including phenoxy) is 1. The fourth-order valence-corrected chi connectivity index (χ4v) is 3.66. The Kier molecular flexibility index (Phi) is 3.27. The molecule has 6 nitrogen and oxygen atoms in total. The minimum atomic E-state index is -0.289. The van der Waals surface area contributed by atoms with E-state index < -0.39 is 0 Å². The molecule has 0 aliphatic carbocycles. The molecule has 4 heterocycles. The molecule has 3 saturated heterocycles. The molecule has 1 N–H and O–H groups in total. The SMILES string of the molecule is O=C1CNCC2OC3(CCN(c4ccncc4F)CC3)CN12. The predicted octanol–water partition coefficient (Wildman–Crippen LogP) is 0.348. The van der Waals surface area contributed by atoms with E-state index in [0.717, 1.165) is 25.9 Å². The molecule has 3 fully saturated rings. The quantitative estimate of drug-likeness (QED) is 0.811. The van der Waals surface area contributed by atoms with Gasteiger partial charge in [0.2, 0.25) is 5.91 Å². The van der Waals surface area contributed by atoms with Gasteiger partial charge in [-0.2, -0.15) is 0 Å². The lowest BCUT2D eigenvalue weighted by atomic mass is 9.91. The number of amides is 1. The molecule has 1 aromatic rings. The average Bonchev–Trinajstić information content (AvgIpc) is 2.89. The first-order valence-corrected chi connectivity index (χ1v) is 7.69. The summed E-state index contributed by atoms with van der Waals surface area (Å²) >= 11 is 0. The van der Waals surface area contributed by atoms with Crippen molar-refractivity contribution in [2.24, 2.45) is 0 Å². The molecule has 22 heavy (non-hydrogen) atoms. The van der Waals surface area contributed by atoms with E-state index in [1.807, 2.05) is 9.80 Å². The molecule has 1 spiro atoms. The summed E-state index contributed by atoms with van der Waals surface area (Å²) in [5.74, 6) is -0.182. The highest BCUT2D eigenvalue weighted by atomic mass is 19.1. The lowest BCUT2D eigenvalue weighted by Gasteiger charge is -2.39. The molecule has 0 saturated carbocycles. The van der Waals surface area contributed by atoms with Crippen LogP contribution in [0.5, 0.6) is 0 Å². The number of halogens is 1. The maximum absolute atomic E-state index is 13.8. The van der Waals surface area contributed by atoms with Gasteiger partial charge in [0.25, 0.3) is 0 Å². The van der Waals surface area contributed by atoms with Crippen molar-refractivity contribution in [3.05, 3.63) is 24.3 Å². The Morgan fingerprint density at radius 3 is 2.95 bits per heavy atom. The van der Waals surface area contributed by atoms with Crippen LogP contribution in [0.25, 0.3) is 0 Å². The fourth-order valence-electron chi connectivity index (χ4n) is 3.66. The molecule has 118 valence electrons. The highest BCUT2D eigenvalue weighted by Crippen LogP contribution is 2.37. The van der Waals surface area contributed by atoms with Gasteiger partial charge in [-0.25, -0.2) is 4.39 Å². The maximum atomic E-state index is 13.8. The molecular weight excluding hydrogens is 287 g/mol. The number of rotatable bonds is 1. The van der Waals surface area contributed by atoms with Crippen LogP contribution in [0, 0.1) is 5.82 Å². The number of carbonyl (C=O) groups excluding carboxylic acids is 1. The number of nitrogens with one attached hydrogen (secondary N) is 1. The molecule has 0 bridgehead atoms. The summed E-state index contributed by atoms with van der Waals surface area (Å²) in [6.45, 7) is 3.19. The van der Waals surface area contributed by atoms with Gasteiger partial charge in [-0.05, 0) is 18.9 Å². The van der Waals surface area contributed by atoms with Crippen LogP contribution in [0.4, 0.5) is 10.1 Å². The van der Waals surface area contributed by atoms with E-state index in [4.69, 9.17) is 4.74 Å². The number of pyridine rings is 1. The van der Waals surface area contributed by atoms with Gasteiger partial charge >= 0.3 is 0 Å². The van der Waals surface area contributed by atoms with Crippen molar-refractivity contribution >= 4 is 11.6 Å². The molecule has 4 rings (SSSR count). The fraction of sp³-hybridized carbons (Fsp3) is 0.600. The summed E-state index contributed by atoms with van der Waals surface area (Å²) in [6.07, 6.45) is 4.31. The summed E-state index contributed by atoms with van der Waals surface area (Å²) in [5, 5.41) is 3.09. The van der Waals surface area contributed by atoms with Crippen LogP contribution in [0.3, 0.4) is 0 Å². The molecule has 0 radical (unpaired) electrons. The highest BCUT2D eigenvalue weighted by molar-refractivity contribution is 5.79. The van der Waals surface area contributed by atoms with Gasteiger partial charge in [0.1, 0.15) is 6.23 Å². The summed E-state index contributed by atoms with van der Waals surface area (Å²) in [5.41, 5.74) is 0.324. The highest BCUT2D eigenvalue weighted by Gasteiger charge is 2.49. The third kappa shape index (κ3) is 2.24. The molecule has 1 atom stereocenters. The number of hydrogen-bond donors (Lipinski definition) is 1.